The van der Waals surface area contributed by atoms with Crippen LogP contribution in [-0.4, -0.2) is 24.9 Å². The lowest BCUT2D eigenvalue weighted by Gasteiger charge is -2.11. The summed E-state index contributed by atoms with van der Waals surface area (Å²) in [4.78, 5) is 25.6. The van der Waals surface area contributed by atoms with Crippen molar-refractivity contribution in [2.75, 3.05) is 0 Å². The molecule has 13 rings (SSSR count). The highest BCUT2D eigenvalue weighted by atomic mass is 32.1. The third kappa shape index (κ3) is 5.97. The van der Waals surface area contributed by atoms with Crippen molar-refractivity contribution in [2.45, 2.75) is 0 Å². The summed E-state index contributed by atoms with van der Waals surface area (Å²) in [6, 6.07) is 65.6. The quantitative estimate of drug-likeness (QED) is 0.166. The molecule has 0 aliphatic heterocycles. The molecular weight excluding hydrogens is 803 g/mol. The van der Waals surface area contributed by atoms with Crippen LogP contribution in [-0.2, 0) is 0 Å². The molecule has 9 aromatic carbocycles. The highest BCUT2D eigenvalue weighted by Gasteiger charge is 2.21. The molecule has 0 unspecified atom stereocenters. The molecule has 64 heavy (non-hydrogen) atoms. The third-order valence-corrected chi connectivity index (χ3v) is 13.5. The van der Waals surface area contributed by atoms with Gasteiger partial charge in [-0.2, -0.15) is 0 Å². The molecule has 0 saturated carbocycles. The predicted octanol–water partition coefficient (Wildman–Crippen LogP) is 15.2. The van der Waals surface area contributed by atoms with E-state index >= 15 is 0 Å². The first-order valence-corrected chi connectivity index (χ1v) is 22.0. The van der Waals surface area contributed by atoms with E-state index in [1.807, 2.05) is 12.1 Å². The molecule has 6 nitrogen and oxygen atoms in total. The molecule has 7 heteroatoms. The zero-order chi connectivity index (χ0) is 42.1. The van der Waals surface area contributed by atoms with Crippen molar-refractivity contribution in [1.82, 2.24) is 24.9 Å². The van der Waals surface area contributed by atoms with Gasteiger partial charge in [0.05, 0.1) is 17.0 Å². The van der Waals surface area contributed by atoms with E-state index in [1.54, 1.807) is 23.7 Å². The van der Waals surface area contributed by atoms with E-state index in [9.17, 15) is 0 Å². The highest BCUT2D eigenvalue weighted by Crippen LogP contribution is 2.43. The number of benzene rings is 9. The average Bonchev–Trinajstić information content (AvgIpc) is 3.94. The lowest BCUT2D eigenvalue weighted by Crippen LogP contribution is -2.00. The molecule has 13 aromatic rings. The predicted molar refractivity (Wildman–Crippen MR) is 263 cm³/mol. The zero-order valence-corrected chi connectivity index (χ0v) is 34.9. The van der Waals surface area contributed by atoms with Crippen LogP contribution in [0.2, 0.25) is 0 Å². The fraction of sp³-hybridized carbons (Fsp3) is 0. The second kappa shape index (κ2) is 14.6. The molecule has 0 N–H and O–H groups in total. The third-order valence-electron chi connectivity index (χ3n) is 12.2. The van der Waals surface area contributed by atoms with Gasteiger partial charge >= 0.3 is 0 Å². The zero-order valence-electron chi connectivity index (χ0n) is 34.1. The normalized spacial score (nSPS) is 11.8. The van der Waals surface area contributed by atoms with E-state index in [2.05, 4.69) is 176 Å². The second-order valence-corrected chi connectivity index (χ2v) is 17.1. The molecule has 0 aliphatic rings. The van der Waals surface area contributed by atoms with Gasteiger partial charge in [0.25, 0.3) is 0 Å². The van der Waals surface area contributed by atoms with Crippen molar-refractivity contribution in [3.05, 3.63) is 200 Å². The fourth-order valence-electron chi connectivity index (χ4n) is 9.16. The molecule has 0 saturated heterocycles. The summed E-state index contributed by atoms with van der Waals surface area (Å²) >= 11 is 1.77. The van der Waals surface area contributed by atoms with Crippen LogP contribution >= 0.6 is 11.3 Å². The molecule has 0 aliphatic carbocycles. The van der Waals surface area contributed by atoms with E-state index < -0.39 is 0 Å². The topological polar surface area (TPSA) is 77.6 Å². The standard InChI is InChI=1S/C57H33N5OS/c1-2-11-34(12-3-1)38-26-28-50-48(32-38)44-20-10-22-46(54(44)64-50)57-61-55(40-24-23-35-13-4-5-15-37(35)31-40)60-56(62-57)45-21-9-19-43-47-33-39(25-27-49(47)63-53(43)45)51-52(59-30-29-58-51)42-18-8-16-36-14-6-7-17-41(36)42/h1-33H. The number of hydrogen-bond acceptors (Lipinski definition) is 7. The summed E-state index contributed by atoms with van der Waals surface area (Å²) in [5.74, 6) is 1.73. The summed E-state index contributed by atoms with van der Waals surface area (Å²) in [6.45, 7) is 0. The van der Waals surface area contributed by atoms with Crippen molar-refractivity contribution in [3.8, 4) is 67.8 Å². The Morgan fingerprint density at radius 3 is 1.89 bits per heavy atom. The van der Waals surface area contributed by atoms with Gasteiger partial charge < -0.3 is 4.42 Å². The Morgan fingerprint density at radius 2 is 1.00 bits per heavy atom. The number of thiophene rings is 1. The van der Waals surface area contributed by atoms with Gasteiger partial charge in [0.1, 0.15) is 11.2 Å². The minimum absolute atomic E-state index is 0.537. The summed E-state index contributed by atoms with van der Waals surface area (Å²) in [6.07, 6.45) is 3.52. The minimum atomic E-state index is 0.537. The molecule has 4 aromatic heterocycles. The first-order chi connectivity index (χ1) is 31.7. The Bertz CT molecular complexity index is 3980. The molecule has 0 bridgehead atoms. The van der Waals surface area contributed by atoms with Crippen LogP contribution in [0.3, 0.4) is 0 Å². The number of hydrogen-bond donors (Lipinski definition) is 0. The molecular formula is C57H33N5OS. The Balaban J connectivity index is 0.986. The van der Waals surface area contributed by atoms with Gasteiger partial charge in [0, 0.05) is 65.6 Å². The van der Waals surface area contributed by atoms with Gasteiger partial charge in [0.2, 0.25) is 0 Å². The Morgan fingerprint density at radius 1 is 0.359 bits per heavy atom. The lowest BCUT2D eigenvalue weighted by atomic mass is 9.97. The monoisotopic (exact) mass is 835 g/mol. The first-order valence-electron chi connectivity index (χ1n) is 21.2. The number of aromatic nitrogens is 5. The summed E-state index contributed by atoms with van der Waals surface area (Å²) in [5, 5.41) is 8.87. The Hall–Kier alpha value is -8.39. The van der Waals surface area contributed by atoms with Crippen molar-refractivity contribution in [2.24, 2.45) is 0 Å². The molecule has 4 heterocycles. The first kappa shape index (κ1) is 36.3. The van der Waals surface area contributed by atoms with Crippen LogP contribution < -0.4 is 0 Å². The minimum Gasteiger partial charge on any atom is -0.455 e. The van der Waals surface area contributed by atoms with Gasteiger partial charge in [-0.05, 0) is 81.2 Å². The summed E-state index contributed by atoms with van der Waals surface area (Å²) in [7, 11) is 0. The average molecular weight is 836 g/mol. The van der Waals surface area contributed by atoms with Crippen molar-refractivity contribution < 1.29 is 4.42 Å². The Labute approximate surface area is 370 Å². The van der Waals surface area contributed by atoms with Crippen molar-refractivity contribution in [3.63, 3.8) is 0 Å². The van der Waals surface area contributed by atoms with Gasteiger partial charge in [-0.15, -0.1) is 11.3 Å². The molecule has 0 spiro atoms. The number of furan rings is 1. The van der Waals surface area contributed by atoms with Crippen LogP contribution in [0.1, 0.15) is 0 Å². The molecule has 298 valence electrons. The van der Waals surface area contributed by atoms with E-state index in [1.165, 1.54) is 26.6 Å². The maximum atomic E-state index is 6.77. The van der Waals surface area contributed by atoms with Crippen LogP contribution in [0, 0.1) is 0 Å². The van der Waals surface area contributed by atoms with E-state index in [0.717, 1.165) is 81.8 Å². The van der Waals surface area contributed by atoms with E-state index in [-0.39, 0.29) is 0 Å². The summed E-state index contributed by atoms with van der Waals surface area (Å²) in [5.41, 5.74) is 10.1. The fourth-order valence-corrected chi connectivity index (χ4v) is 10.4. The maximum Gasteiger partial charge on any atom is 0.167 e. The Kier molecular flexibility index (Phi) is 8.29. The van der Waals surface area contributed by atoms with E-state index in [4.69, 9.17) is 29.3 Å². The highest BCUT2D eigenvalue weighted by molar-refractivity contribution is 7.26. The summed E-state index contributed by atoms with van der Waals surface area (Å²) < 4.78 is 9.12. The molecule has 0 radical (unpaired) electrons. The number of fused-ring (bicyclic) bond motifs is 8. The van der Waals surface area contributed by atoms with E-state index in [0.29, 0.717) is 23.1 Å². The van der Waals surface area contributed by atoms with Crippen molar-refractivity contribution in [1.29, 1.82) is 0 Å². The van der Waals surface area contributed by atoms with Crippen LogP contribution in [0.5, 0.6) is 0 Å². The smallest absolute Gasteiger partial charge is 0.167 e. The van der Waals surface area contributed by atoms with Gasteiger partial charge in [0.15, 0.2) is 17.5 Å². The van der Waals surface area contributed by atoms with Gasteiger partial charge in [-0.1, -0.05) is 140 Å². The van der Waals surface area contributed by atoms with Crippen LogP contribution in [0.25, 0.3) is 131 Å². The van der Waals surface area contributed by atoms with Crippen LogP contribution in [0.15, 0.2) is 205 Å². The molecule has 0 amide bonds. The molecule has 0 atom stereocenters. The van der Waals surface area contributed by atoms with Gasteiger partial charge in [-0.25, -0.2) is 15.0 Å². The van der Waals surface area contributed by atoms with Crippen molar-refractivity contribution >= 4 is 75.0 Å². The van der Waals surface area contributed by atoms with Gasteiger partial charge in [-0.3, -0.25) is 9.97 Å². The second-order valence-electron chi connectivity index (χ2n) is 16.0. The lowest BCUT2D eigenvalue weighted by molar-refractivity contribution is 0.669. The SMILES string of the molecule is c1ccc(-c2ccc3sc4c(-c5nc(-c6ccc7ccccc7c6)nc(-c6cccc7c6oc6ccc(-c8nccnc8-c8cccc9ccccc89)cc67)n5)cccc4c3c2)cc1. The van der Waals surface area contributed by atoms with Crippen LogP contribution in [0.4, 0.5) is 0 Å². The largest absolute Gasteiger partial charge is 0.455 e. The maximum absolute atomic E-state index is 6.77. The number of rotatable bonds is 6. The number of nitrogens with zero attached hydrogens (tertiary/aromatic N) is 5. The number of para-hydroxylation sites is 1. The molecule has 0 fully saturated rings.